The van der Waals surface area contributed by atoms with E-state index < -0.39 is 23.8 Å². The number of ether oxygens (including phenoxy) is 1. The molecule has 1 aromatic carbocycles. The molecular weight excluding hydrogens is 248 g/mol. The molecule has 104 valence electrons. The number of rotatable bonds is 7. The summed E-state index contributed by atoms with van der Waals surface area (Å²) in [6.07, 6.45) is 0.230. The first kappa shape index (κ1) is 15.0. The number of hydrogen-bond donors (Lipinski definition) is 0. The largest absolute Gasteiger partial charge is 0.550 e. The Balaban J connectivity index is 2.98. The van der Waals surface area contributed by atoms with Crippen molar-refractivity contribution in [1.29, 1.82) is 0 Å². The van der Waals surface area contributed by atoms with E-state index >= 15 is 0 Å². The molecule has 5 heteroatoms. The number of carbonyl (C=O) groups is 2. The molecule has 0 saturated heterocycles. The van der Waals surface area contributed by atoms with E-state index in [0.29, 0.717) is 17.9 Å². The van der Waals surface area contributed by atoms with Crippen molar-refractivity contribution in [3.05, 3.63) is 29.8 Å². The molecule has 0 aliphatic carbocycles. The molecule has 0 spiro atoms. The molecule has 0 N–H and O–H groups in total. The van der Waals surface area contributed by atoms with Crippen molar-refractivity contribution in [2.45, 2.75) is 32.1 Å². The zero-order valence-corrected chi connectivity index (χ0v) is 11.0. The number of carboxylic acid groups (broad SMARTS) is 2. The van der Waals surface area contributed by atoms with E-state index in [-0.39, 0.29) is 0 Å². The monoisotopic (exact) mass is 264 g/mol. The maximum absolute atomic E-state index is 11.2. The maximum Gasteiger partial charge on any atom is 0.119 e. The molecular formula is C14H16O5-2. The second kappa shape index (κ2) is 6.22. The first-order valence-corrected chi connectivity index (χ1v) is 6.04. The molecule has 1 unspecified atom stereocenters. The Morgan fingerprint density at radius 1 is 1.21 bits per heavy atom. The van der Waals surface area contributed by atoms with E-state index in [1.165, 1.54) is 19.1 Å². The van der Waals surface area contributed by atoms with Crippen molar-refractivity contribution in [1.82, 2.24) is 0 Å². The van der Waals surface area contributed by atoms with Crippen molar-refractivity contribution >= 4 is 11.9 Å². The highest BCUT2D eigenvalue weighted by Crippen LogP contribution is 2.28. The highest BCUT2D eigenvalue weighted by atomic mass is 16.5. The fraction of sp³-hybridized carbons (Fsp3) is 0.429. The standard InChI is InChI=1S/C14H18O5/c1-3-8-19-11-6-4-10(5-7-11)14(2,13(17)18)9-12(15)16/h4-7H,3,8-9H2,1-2H3,(H,15,16)(H,17,18)/p-2. The number of carbonyl (C=O) groups excluding carboxylic acids is 2. The summed E-state index contributed by atoms with van der Waals surface area (Å²) >= 11 is 0. The Morgan fingerprint density at radius 3 is 2.21 bits per heavy atom. The number of hydrogen-bond acceptors (Lipinski definition) is 5. The van der Waals surface area contributed by atoms with E-state index in [1.54, 1.807) is 12.1 Å². The third kappa shape index (κ3) is 3.71. The van der Waals surface area contributed by atoms with Crippen LogP contribution < -0.4 is 14.9 Å². The van der Waals surface area contributed by atoms with Gasteiger partial charge in [-0.3, -0.25) is 0 Å². The van der Waals surface area contributed by atoms with Gasteiger partial charge in [0.2, 0.25) is 0 Å². The molecule has 0 radical (unpaired) electrons. The first-order valence-electron chi connectivity index (χ1n) is 6.04. The third-order valence-corrected chi connectivity index (χ3v) is 2.91. The fourth-order valence-corrected chi connectivity index (χ4v) is 1.72. The Labute approximate surface area is 111 Å². The van der Waals surface area contributed by atoms with Gasteiger partial charge in [-0.15, -0.1) is 0 Å². The summed E-state index contributed by atoms with van der Waals surface area (Å²) in [5.41, 5.74) is -1.26. The van der Waals surface area contributed by atoms with Crippen molar-refractivity contribution < 1.29 is 24.5 Å². The van der Waals surface area contributed by atoms with Gasteiger partial charge in [0, 0.05) is 17.8 Å². The van der Waals surface area contributed by atoms with Gasteiger partial charge in [0.1, 0.15) is 5.75 Å². The van der Waals surface area contributed by atoms with Crippen LogP contribution in [0.3, 0.4) is 0 Å². The van der Waals surface area contributed by atoms with Gasteiger partial charge in [0.15, 0.2) is 0 Å². The van der Waals surface area contributed by atoms with Crippen LogP contribution in [-0.4, -0.2) is 18.5 Å². The molecule has 0 aromatic heterocycles. The van der Waals surface area contributed by atoms with Crippen LogP contribution in [0.4, 0.5) is 0 Å². The quantitative estimate of drug-likeness (QED) is 0.670. The molecule has 0 saturated carbocycles. The SMILES string of the molecule is CCCOc1ccc(C(C)(CC(=O)[O-])C(=O)[O-])cc1. The summed E-state index contributed by atoms with van der Waals surface area (Å²) in [7, 11) is 0. The van der Waals surface area contributed by atoms with Crippen molar-refractivity contribution in [3.8, 4) is 5.75 Å². The predicted octanol–water partition coefficient (Wildman–Crippen LogP) is -0.377. The average molecular weight is 264 g/mol. The van der Waals surface area contributed by atoms with Crippen molar-refractivity contribution in [3.63, 3.8) is 0 Å². The molecule has 0 fully saturated rings. The lowest BCUT2D eigenvalue weighted by Gasteiger charge is -2.31. The molecule has 0 aliphatic heterocycles. The molecule has 5 nitrogen and oxygen atoms in total. The lowest BCUT2D eigenvalue weighted by Crippen LogP contribution is -2.47. The molecule has 0 bridgehead atoms. The molecule has 1 rings (SSSR count). The highest BCUT2D eigenvalue weighted by molar-refractivity contribution is 5.84. The Bertz CT molecular complexity index is 451. The van der Waals surface area contributed by atoms with Crippen LogP contribution in [0.25, 0.3) is 0 Å². The lowest BCUT2D eigenvalue weighted by atomic mass is 9.79. The molecule has 1 atom stereocenters. The highest BCUT2D eigenvalue weighted by Gasteiger charge is 2.28. The summed E-state index contributed by atoms with van der Waals surface area (Å²) < 4.78 is 5.37. The molecule has 0 amide bonds. The van der Waals surface area contributed by atoms with Crippen LogP contribution in [0.2, 0.25) is 0 Å². The summed E-state index contributed by atoms with van der Waals surface area (Å²) in [6.45, 7) is 3.84. The fourth-order valence-electron chi connectivity index (χ4n) is 1.72. The second-order valence-electron chi connectivity index (χ2n) is 4.54. The third-order valence-electron chi connectivity index (χ3n) is 2.91. The van der Waals surface area contributed by atoms with Crippen LogP contribution >= 0.6 is 0 Å². The van der Waals surface area contributed by atoms with Crippen LogP contribution in [0.5, 0.6) is 5.75 Å². The summed E-state index contributed by atoms with van der Waals surface area (Å²) in [5.74, 6) is -2.27. The first-order chi connectivity index (χ1) is 8.90. The van der Waals surface area contributed by atoms with E-state index in [2.05, 4.69) is 0 Å². The molecule has 19 heavy (non-hydrogen) atoms. The molecule has 0 heterocycles. The molecule has 1 aromatic rings. The smallest absolute Gasteiger partial charge is 0.119 e. The minimum atomic E-state index is -1.61. The summed E-state index contributed by atoms with van der Waals surface area (Å²) in [4.78, 5) is 21.9. The van der Waals surface area contributed by atoms with Crippen LogP contribution in [0, 0.1) is 0 Å². The Kier molecular flexibility index (Phi) is 4.92. The van der Waals surface area contributed by atoms with Gasteiger partial charge in [-0.1, -0.05) is 19.1 Å². The Hall–Kier alpha value is -2.04. The van der Waals surface area contributed by atoms with Crippen molar-refractivity contribution in [2.75, 3.05) is 6.61 Å². The van der Waals surface area contributed by atoms with Gasteiger partial charge in [0.05, 0.1) is 12.6 Å². The predicted molar refractivity (Wildman–Crippen MR) is 64.2 cm³/mol. The van der Waals surface area contributed by atoms with Gasteiger partial charge in [-0.25, -0.2) is 0 Å². The van der Waals surface area contributed by atoms with Gasteiger partial charge in [-0.2, -0.15) is 0 Å². The van der Waals surface area contributed by atoms with Gasteiger partial charge < -0.3 is 24.5 Å². The van der Waals surface area contributed by atoms with Crippen LogP contribution in [-0.2, 0) is 15.0 Å². The zero-order chi connectivity index (χ0) is 14.5. The second-order valence-corrected chi connectivity index (χ2v) is 4.54. The molecule has 0 aliphatic rings. The van der Waals surface area contributed by atoms with E-state index in [1.807, 2.05) is 6.92 Å². The topological polar surface area (TPSA) is 89.5 Å². The minimum Gasteiger partial charge on any atom is -0.550 e. The Morgan fingerprint density at radius 2 is 1.79 bits per heavy atom. The summed E-state index contributed by atoms with van der Waals surface area (Å²) in [5, 5.41) is 21.9. The number of carboxylic acids is 2. The van der Waals surface area contributed by atoms with E-state index in [0.717, 1.165) is 6.42 Å². The van der Waals surface area contributed by atoms with Gasteiger partial charge in [0.25, 0.3) is 0 Å². The van der Waals surface area contributed by atoms with Crippen molar-refractivity contribution in [2.24, 2.45) is 0 Å². The van der Waals surface area contributed by atoms with E-state index in [4.69, 9.17) is 4.74 Å². The van der Waals surface area contributed by atoms with E-state index in [9.17, 15) is 19.8 Å². The lowest BCUT2D eigenvalue weighted by molar-refractivity contribution is -0.322. The van der Waals surface area contributed by atoms with Gasteiger partial charge >= 0.3 is 0 Å². The average Bonchev–Trinajstić information content (AvgIpc) is 2.35. The number of aliphatic carboxylic acids is 2. The van der Waals surface area contributed by atoms with Crippen LogP contribution in [0.1, 0.15) is 32.3 Å². The van der Waals surface area contributed by atoms with Crippen LogP contribution in [0.15, 0.2) is 24.3 Å². The summed E-state index contributed by atoms with van der Waals surface area (Å²) in [6, 6.07) is 6.29. The maximum atomic E-state index is 11.2. The number of benzene rings is 1. The zero-order valence-electron chi connectivity index (χ0n) is 11.0. The minimum absolute atomic E-state index is 0.348. The normalized spacial score (nSPS) is 13.6. The van der Waals surface area contributed by atoms with Gasteiger partial charge in [-0.05, 0) is 31.0 Å².